The Bertz CT molecular complexity index is 680. The molecular weight excluding hydrogens is 388 g/mol. The van der Waals surface area contributed by atoms with E-state index in [-0.39, 0.29) is 17.9 Å². The van der Waals surface area contributed by atoms with Gasteiger partial charge in [-0.25, -0.2) is 4.79 Å². The van der Waals surface area contributed by atoms with E-state index in [1.165, 1.54) is 12.1 Å². The molecule has 0 N–H and O–H groups in total. The van der Waals surface area contributed by atoms with Gasteiger partial charge in [0.25, 0.3) is 10.2 Å². The summed E-state index contributed by atoms with van der Waals surface area (Å²) in [7, 11) is 0. The van der Waals surface area contributed by atoms with Crippen molar-refractivity contribution in [2.45, 2.75) is 60.7 Å². The topological polar surface area (TPSA) is 140 Å². The van der Waals surface area contributed by atoms with Gasteiger partial charge in [-0.15, -0.1) is 20.2 Å². The fraction of sp³-hybridized carbons (Fsp3) is 0.611. The predicted molar refractivity (Wildman–Crippen MR) is 102 cm³/mol. The zero-order valence-corrected chi connectivity index (χ0v) is 17.3. The molecule has 0 saturated heterocycles. The number of carbonyl (C=O) groups excluding carboxylic acids is 1. The second-order valence-electron chi connectivity index (χ2n) is 5.87. The largest absolute Gasteiger partial charge is 0.513 e. The Morgan fingerprint density at radius 2 is 1.69 bits per heavy atom. The molecule has 164 valence electrons. The summed E-state index contributed by atoms with van der Waals surface area (Å²) in [5.74, 6) is 0.447. The standard InChI is InChI=1S/C16H22N2O9.C2H6/c1-4-11(2)5-6-24-16(19)27-15-8-13(9-25-17(20)21)7-14(12(15)3)10-26-18(22)23;1-2/h7-8,11H,4-6,9-10H2,1-3H3;1-2H3. The van der Waals surface area contributed by atoms with Crippen LogP contribution in [-0.4, -0.2) is 22.9 Å². The molecule has 1 rings (SSSR count). The molecule has 1 aromatic carbocycles. The van der Waals surface area contributed by atoms with E-state index in [4.69, 9.17) is 9.47 Å². The van der Waals surface area contributed by atoms with Crippen LogP contribution in [0.25, 0.3) is 0 Å². The quantitative estimate of drug-likeness (QED) is 0.222. The fourth-order valence-corrected chi connectivity index (χ4v) is 2.06. The molecule has 11 heteroatoms. The van der Waals surface area contributed by atoms with Crippen LogP contribution >= 0.6 is 0 Å². The van der Waals surface area contributed by atoms with E-state index in [0.29, 0.717) is 23.5 Å². The van der Waals surface area contributed by atoms with Gasteiger partial charge in [-0.05, 0) is 42.0 Å². The van der Waals surface area contributed by atoms with E-state index in [9.17, 15) is 25.0 Å². The van der Waals surface area contributed by atoms with Gasteiger partial charge < -0.3 is 19.1 Å². The second-order valence-corrected chi connectivity index (χ2v) is 5.87. The number of hydrogen-bond acceptors (Lipinski definition) is 9. The molecule has 0 aliphatic carbocycles. The van der Waals surface area contributed by atoms with Crippen molar-refractivity contribution in [1.82, 2.24) is 0 Å². The zero-order valence-electron chi connectivity index (χ0n) is 17.3. The first-order valence-electron chi connectivity index (χ1n) is 9.24. The van der Waals surface area contributed by atoms with Crippen LogP contribution in [0.3, 0.4) is 0 Å². The number of hydrogen-bond donors (Lipinski definition) is 0. The van der Waals surface area contributed by atoms with Gasteiger partial charge in [-0.3, -0.25) is 0 Å². The van der Waals surface area contributed by atoms with Gasteiger partial charge in [0.1, 0.15) is 19.0 Å². The first-order valence-corrected chi connectivity index (χ1v) is 9.24. The van der Waals surface area contributed by atoms with E-state index in [1.807, 2.05) is 27.7 Å². The third-order valence-electron chi connectivity index (χ3n) is 3.91. The minimum absolute atomic E-state index is 0.0509. The van der Waals surface area contributed by atoms with Crippen molar-refractivity contribution in [3.8, 4) is 5.75 Å². The third-order valence-corrected chi connectivity index (χ3v) is 3.91. The van der Waals surface area contributed by atoms with Crippen LogP contribution in [0.2, 0.25) is 0 Å². The Labute approximate surface area is 169 Å². The van der Waals surface area contributed by atoms with Gasteiger partial charge in [-0.1, -0.05) is 40.2 Å². The van der Waals surface area contributed by atoms with E-state index in [0.717, 1.165) is 6.42 Å². The Kier molecular flexibility index (Phi) is 12.5. The van der Waals surface area contributed by atoms with Crippen molar-refractivity contribution >= 4 is 6.16 Å². The smallest absolute Gasteiger partial charge is 0.434 e. The van der Waals surface area contributed by atoms with Crippen LogP contribution in [0, 0.1) is 33.1 Å². The summed E-state index contributed by atoms with van der Waals surface area (Å²) in [4.78, 5) is 41.3. The van der Waals surface area contributed by atoms with Crippen molar-refractivity contribution in [2.24, 2.45) is 5.92 Å². The maximum absolute atomic E-state index is 11.9. The van der Waals surface area contributed by atoms with Crippen molar-refractivity contribution in [3.63, 3.8) is 0 Å². The molecule has 0 aliphatic rings. The summed E-state index contributed by atoms with van der Waals surface area (Å²) in [6.07, 6.45) is 0.703. The molecule has 0 bridgehead atoms. The normalized spacial score (nSPS) is 10.8. The molecule has 29 heavy (non-hydrogen) atoms. The summed E-state index contributed by atoms with van der Waals surface area (Å²) in [5.41, 5.74) is 1.00. The average molecular weight is 416 g/mol. The minimum Gasteiger partial charge on any atom is -0.434 e. The minimum atomic E-state index is -0.975. The van der Waals surface area contributed by atoms with Crippen LogP contribution in [0.4, 0.5) is 4.79 Å². The molecule has 0 amide bonds. The predicted octanol–water partition coefficient (Wildman–Crippen LogP) is 4.39. The average Bonchev–Trinajstić information content (AvgIpc) is 2.68. The van der Waals surface area contributed by atoms with Crippen molar-refractivity contribution in [1.29, 1.82) is 0 Å². The number of carbonyl (C=O) groups is 1. The third kappa shape index (κ3) is 10.7. The lowest BCUT2D eigenvalue weighted by atomic mass is 10.0. The van der Waals surface area contributed by atoms with E-state index in [1.54, 1.807) is 6.92 Å². The molecule has 0 fully saturated rings. The summed E-state index contributed by atoms with van der Waals surface area (Å²) in [5, 5.41) is 18.8. The van der Waals surface area contributed by atoms with Gasteiger partial charge in [0.2, 0.25) is 0 Å². The highest BCUT2D eigenvalue weighted by Gasteiger charge is 2.15. The Morgan fingerprint density at radius 3 is 2.24 bits per heavy atom. The number of rotatable bonds is 11. The second kappa shape index (κ2) is 14.0. The van der Waals surface area contributed by atoms with Gasteiger partial charge in [0.05, 0.1) is 6.61 Å². The lowest BCUT2D eigenvalue weighted by molar-refractivity contribution is -0.763. The van der Waals surface area contributed by atoms with Crippen LogP contribution in [0.1, 0.15) is 57.2 Å². The van der Waals surface area contributed by atoms with Crippen LogP contribution in [-0.2, 0) is 27.6 Å². The Balaban J connectivity index is 0.00000379. The molecule has 0 spiro atoms. The van der Waals surface area contributed by atoms with E-state index in [2.05, 4.69) is 9.68 Å². The molecule has 0 aromatic heterocycles. The van der Waals surface area contributed by atoms with Gasteiger partial charge in [0, 0.05) is 0 Å². The molecule has 1 aromatic rings. The molecule has 1 atom stereocenters. The molecular formula is C18H28N2O9. The van der Waals surface area contributed by atoms with Crippen LogP contribution in [0.15, 0.2) is 12.1 Å². The monoisotopic (exact) mass is 416 g/mol. The molecule has 0 aliphatic heterocycles. The molecule has 11 nitrogen and oxygen atoms in total. The highest BCUT2D eigenvalue weighted by Crippen LogP contribution is 2.26. The summed E-state index contributed by atoms with van der Waals surface area (Å²) >= 11 is 0. The van der Waals surface area contributed by atoms with Gasteiger partial charge in [0.15, 0.2) is 0 Å². The highest BCUT2D eigenvalue weighted by atomic mass is 17.0. The van der Waals surface area contributed by atoms with Gasteiger partial charge in [-0.2, -0.15) is 0 Å². The van der Waals surface area contributed by atoms with E-state index < -0.39 is 29.5 Å². The van der Waals surface area contributed by atoms with Crippen molar-refractivity contribution in [2.75, 3.05) is 6.61 Å². The van der Waals surface area contributed by atoms with E-state index >= 15 is 0 Å². The van der Waals surface area contributed by atoms with Crippen LogP contribution < -0.4 is 4.74 Å². The summed E-state index contributed by atoms with van der Waals surface area (Å²) in [6.45, 7) is 8.98. The van der Waals surface area contributed by atoms with Crippen molar-refractivity contribution < 1.29 is 34.1 Å². The van der Waals surface area contributed by atoms with Crippen molar-refractivity contribution in [3.05, 3.63) is 49.1 Å². The first kappa shape index (κ1) is 25.9. The zero-order chi connectivity index (χ0) is 22.4. The lowest BCUT2D eigenvalue weighted by Crippen LogP contribution is -2.14. The maximum Gasteiger partial charge on any atom is 0.513 e. The fourth-order valence-electron chi connectivity index (χ4n) is 2.06. The molecule has 0 heterocycles. The number of ether oxygens (including phenoxy) is 2. The maximum atomic E-state index is 11.9. The number of nitrogens with zero attached hydrogens (tertiary/aromatic N) is 2. The van der Waals surface area contributed by atoms with Gasteiger partial charge >= 0.3 is 6.16 Å². The SMILES string of the molecule is CC.CCC(C)CCOC(=O)Oc1cc(CO[N+](=O)[O-])cc(CO[N+](=O)[O-])c1C. The van der Waals surface area contributed by atoms with Crippen LogP contribution in [0.5, 0.6) is 5.75 Å². The molecule has 0 radical (unpaired) electrons. The highest BCUT2D eigenvalue weighted by molar-refractivity contribution is 5.65. The summed E-state index contributed by atoms with van der Waals surface area (Å²) in [6, 6.07) is 2.80. The Hall–Kier alpha value is -3.11. The molecule has 0 saturated carbocycles. The number of benzene rings is 1. The summed E-state index contributed by atoms with van der Waals surface area (Å²) < 4.78 is 10.2. The first-order chi connectivity index (χ1) is 13.7. The lowest BCUT2D eigenvalue weighted by Gasteiger charge is -2.14. The Morgan fingerprint density at radius 1 is 1.10 bits per heavy atom. The molecule has 1 unspecified atom stereocenters.